The number of aliphatic carboxylic acids is 1. The fraction of sp³-hybridized carbons (Fsp3) is 0.438. The van der Waals surface area contributed by atoms with Crippen LogP contribution in [0.3, 0.4) is 0 Å². The molecule has 2 rings (SSSR count). The van der Waals surface area contributed by atoms with Crippen LogP contribution in [0.25, 0.3) is 10.2 Å². The lowest BCUT2D eigenvalue weighted by atomic mass is 10.2. The van der Waals surface area contributed by atoms with Crippen molar-refractivity contribution in [2.75, 3.05) is 0 Å². The summed E-state index contributed by atoms with van der Waals surface area (Å²) in [4.78, 5) is 28.1. The monoisotopic (exact) mass is 320 g/mol. The second kappa shape index (κ2) is 7.35. The largest absolute Gasteiger partial charge is 0.480 e. The molecule has 0 aliphatic carbocycles. The van der Waals surface area contributed by atoms with Crippen molar-refractivity contribution in [2.24, 2.45) is 4.99 Å². The SMILES string of the molecule is CCCCC(=O)/N=c1\sc2ccccc2n1C(CC)C(=O)O. The quantitative estimate of drug-likeness (QED) is 0.887. The Morgan fingerprint density at radius 3 is 2.68 bits per heavy atom. The van der Waals surface area contributed by atoms with Gasteiger partial charge >= 0.3 is 5.97 Å². The number of fused-ring (bicyclic) bond motifs is 1. The fourth-order valence-corrected chi connectivity index (χ4v) is 3.41. The Hall–Kier alpha value is -1.95. The number of para-hydroxylation sites is 1. The van der Waals surface area contributed by atoms with Gasteiger partial charge in [-0.15, -0.1) is 0 Å². The first-order valence-corrected chi connectivity index (χ1v) is 8.30. The zero-order chi connectivity index (χ0) is 16.1. The van der Waals surface area contributed by atoms with E-state index in [4.69, 9.17) is 0 Å². The van der Waals surface area contributed by atoms with Gasteiger partial charge in [0.2, 0.25) is 5.91 Å². The van der Waals surface area contributed by atoms with Crippen molar-refractivity contribution in [1.82, 2.24) is 4.57 Å². The third-order valence-electron chi connectivity index (χ3n) is 3.48. The molecule has 2 aromatic rings. The Labute approximate surface area is 132 Å². The number of rotatable bonds is 6. The highest BCUT2D eigenvalue weighted by Crippen LogP contribution is 2.22. The molecule has 1 amide bonds. The number of nitrogens with zero attached hydrogens (tertiary/aromatic N) is 2. The number of carboxylic acids is 1. The number of thiazole rings is 1. The van der Waals surface area contributed by atoms with E-state index < -0.39 is 12.0 Å². The van der Waals surface area contributed by atoms with E-state index in [2.05, 4.69) is 4.99 Å². The number of hydrogen-bond acceptors (Lipinski definition) is 3. The molecule has 1 aromatic heterocycles. The number of carbonyl (C=O) groups is 2. The zero-order valence-corrected chi connectivity index (χ0v) is 13.6. The first-order chi connectivity index (χ1) is 10.6. The molecule has 6 heteroatoms. The van der Waals surface area contributed by atoms with Crippen molar-refractivity contribution < 1.29 is 14.7 Å². The van der Waals surface area contributed by atoms with Gasteiger partial charge in [0.1, 0.15) is 6.04 Å². The van der Waals surface area contributed by atoms with Gasteiger partial charge in [-0.3, -0.25) is 4.79 Å². The van der Waals surface area contributed by atoms with Crippen molar-refractivity contribution in [3.63, 3.8) is 0 Å². The minimum absolute atomic E-state index is 0.192. The molecule has 0 fully saturated rings. The number of carboxylic acid groups (broad SMARTS) is 1. The summed E-state index contributed by atoms with van der Waals surface area (Å²) in [6.07, 6.45) is 2.56. The Morgan fingerprint density at radius 2 is 2.05 bits per heavy atom. The van der Waals surface area contributed by atoms with E-state index in [1.165, 1.54) is 11.3 Å². The number of amides is 1. The van der Waals surface area contributed by atoms with Gasteiger partial charge in [-0.25, -0.2) is 4.79 Å². The van der Waals surface area contributed by atoms with Crippen LogP contribution in [0.2, 0.25) is 0 Å². The van der Waals surface area contributed by atoms with Crippen molar-refractivity contribution >= 4 is 33.4 Å². The summed E-state index contributed by atoms with van der Waals surface area (Å²) >= 11 is 1.36. The predicted octanol–water partition coefficient (Wildman–Crippen LogP) is 3.36. The lowest BCUT2D eigenvalue weighted by molar-refractivity contribution is -0.141. The van der Waals surface area contributed by atoms with E-state index in [1.54, 1.807) is 4.57 Å². The van der Waals surface area contributed by atoms with Gasteiger partial charge in [0.25, 0.3) is 0 Å². The molecule has 118 valence electrons. The van der Waals surface area contributed by atoms with Crippen LogP contribution in [-0.2, 0) is 9.59 Å². The van der Waals surface area contributed by atoms with Crippen LogP contribution in [-0.4, -0.2) is 21.6 Å². The van der Waals surface area contributed by atoms with Gasteiger partial charge in [0.05, 0.1) is 10.2 Å². The molecule has 22 heavy (non-hydrogen) atoms. The first kappa shape index (κ1) is 16.4. The number of carbonyl (C=O) groups excluding carboxylic acids is 1. The highest BCUT2D eigenvalue weighted by molar-refractivity contribution is 7.16. The molecule has 5 nitrogen and oxygen atoms in total. The molecule has 0 spiro atoms. The van der Waals surface area contributed by atoms with Crippen LogP contribution >= 0.6 is 11.3 Å². The maximum Gasteiger partial charge on any atom is 0.326 e. The first-order valence-electron chi connectivity index (χ1n) is 7.48. The number of unbranched alkanes of at least 4 members (excludes halogenated alkanes) is 1. The molecule has 1 unspecified atom stereocenters. The van der Waals surface area contributed by atoms with Gasteiger partial charge in [-0.05, 0) is 25.0 Å². The van der Waals surface area contributed by atoms with Crippen LogP contribution in [0.5, 0.6) is 0 Å². The van der Waals surface area contributed by atoms with Crippen LogP contribution in [0.15, 0.2) is 29.3 Å². The van der Waals surface area contributed by atoms with E-state index in [0.717, 1.165) is 23.1 Å². The van der Waals surface area contributed by atoms with E-state index in [-0.39, 0.29) is 5.91 Å². The Bertz CT molecular complexity index is 745. The average molecular weight is 320 g/mol. The van der Waals surface area contributed by atoms with Crippen molar-refractivity contribution in [3.8, 4) is 0 Å². The molecular formula is C16H20N2O3S. The second-order valence-electron chi connectivity index (χ2n) is 5.09. The number of hydrogen-bond donors (Lipinski definition) is 1. The van der Waals surface area contributed by atoms with Crippen molar-refractivity contribution in [1.29, 1.82) is 0 Å². The third-order valence-corrected chi connectivity index (χ3v) is 4.52. The van der Waals surface area contributed by atoms with Gasteiger partial charge in [-0.2, -0.15) is 4.99 Å². The lowest BCUT2D eigenvalue weighted by Crippen LogP contribution is -2.27. The molecule has 1 atom stereocenters. The number of aromatic nitrogens is 1. The molecule has 1 aromatic carbocycles. The van der Waals surface area contributed by atoms with Crippen LogP contribution in [0, 0.1) is 0 Å². The molecule has 0 saturated heterocycles. The molecule has 0 radical (unpaired) electrons. The standard InChI is InChI=1S/C16H20N2O3S/c1-3-5-10-14(19)17-16-18(11(4-2)15(20)21)12-8-6-7-9-13(12)22-16/h6-9,11H,3-5,10H2,1-2H3,(H,20,21)/b17-16-. The molecule has 0 aliphatic rings. The summed E-state index contributed by atoms with van der Waals surface area (Å²) < 4.78 is 2.61. The molecular weight excluding hydrogens is 300 g/mol. The van der Waals surface area contributed by atoms with Gasteiger partial charge < -0.3 is 9.67 Å². The molecule has 0 bridgehead atoms. The minimum Gasteiger partial charge on any atom is -0.480 e. The highest BCUT2D eigenvalue weighted by atomic mass is 32.1. The van der Waals surface area contributed by atoms with Gasteiger partial charge in [0, 0.05) is 6.42 Å². The van der Waals surface area contributed by atoms with E-state index in [0.29, 0.717) is 17.6 Å². The van der Waals surface area contributed by atoms with Crippen LogP contribution in [0.1, 0.15) is 45.6 Å². The summed E-state index contributed by atoms with van der Waals surface area (Å²) in [5.74, 6) is -1.10. The summed E-state index contributed by atoms with van der Waals surface area (Å²) in [6, 6.07) is 6.83. The molecule has 1 N–H and O–H groups in total. The summed E-state index contributed by atoms with van der Waals surface area (Å²) in [5, 5.41) is 9.46. The predicted molar refractivity (Wildman–Crippen MR) is 86.9 cm³/mol. The Kier molecular flexibility index (Phi) is 5.49. The smallest absolute Gasteiger partial charge is 0.326 e. The normalized spacial score (nSPS) is 13.5. The summed E-state index contributed by atoms with van der Waals surface area (Å²) in [6.45, 7) is 3.84. The maximum atomic E-state index is 12.0. The van der Waals surface area contributed by atoms with E-state index in [9.17, 15) is 14.7 Å². The maximum absolute atomic E-state index is 12.0. The minimum atomic E-state index is -0.909. The van der Waals surface area contributed by atoms with Gasteiger partial charge in [-0.1, -0.05) is 43.7 Å². The lowest BCUT2D eigenvalue weighted by Gasteiger charge is -2.13. The Balaban J connectivity index is 2.60. The third kappa shape index (κ3) is 3.44. The zero-order valence-electron chi connectivity index (χ0n) is 12.8. The fourth-order valence-electron chi connectivity index (χ4n) is 2.33. The van der Waals surface area contributed by atoms with Gasteiger partial charge in [0.15, 0.2) is 4.80 Å². The van der Waals surface area contributed by atoms with Crippen molar-refractivity contribution in [3.05, 3.63) is 29.1 Å². The van der Waals surface area contributed by atoms with E-state index in [1.807, 2.05) is 38.1 Å². The highest BCUT2D eigenvalue weighted by Gasteiger charge is 2.21. The summed E-state index contributed by atoms with van der Waals surface area (Å²) in [7, 11) is 0. The van der Waals surface area contributed by atoms with Crippen LogP contribution in [0.4, 0.5) is 0 Å². The number of benzene rings is 1. The average Bonchev–Trinajstić information content (AvgIpc) is 2.84. The van der Waals surface area contributed by atoms with Crippen molar-refractivity contribution in [2.45, 2.75) is 45.6 Å². The van der Waals surface area contributed by atoms with Crippen LogP contribution < -0.4 is 4.80 Å². The topological polar surface area (TPSA) is 71.7 Å². The molecule has 0 saturated carbocycles. The van der Waals surface area contributed by atoms with E-state index >= 15 is 0 Å². The second-order valence-corrected chi connectivity index (χ2v) is 6.10. The molecule has 1 heterocycles. The Morgan fingerprint density at radius 1 is 1.32 bits per heavy atom. The summed E-state index contributed by atoms with van der Waals surface area (Å²) in [5.41, 5.74) is 0.809. The molecule has 0 aliphatic heterocycles.